The first-order chi connectivity index (χ1) is 24.5. The van der Waals surface area contributed by atoms with Gasteiger partial charge in [0.1, 0.15) is 25.0 Å². The fourth-order valence-electron chi connectivity index (χ4n) is 10.3. The zero-order valence-electron chi connectivity index (χ0n) is 31.6. The summed E-state index contributed by atoms with van der Waals surface area (Å²) in [5, 5.41) is 19.9. The number of nitriles is 1. The fraction of sp³-hybridized carbons (Fsp3) is 0.500. The van der Waals surface area contributed by atoms with Crippen LogP contribution in [0.4, 0.5) is 0 Å². The number of aliphatic hydroxyl groups excluding tert-OH is 1. The SMILES string of the molecule is COc1ccc(/C(C#N)=C/C(=O)OC/C=C/COC(=O)[C@]2(C)CC[C@]3(C)CC[C@]4(C)C5=CC=C6C(=CC(=O)C(O)=C6C)[C@]5(C)CC[C@@]4(C)[C@@H]3C2)cc1. The molecule has 8 nitrogen and oxygen atoms in total. The lowest BCUT2D eigenvalue weighted by Gasteiger charge is -2.70. The minimum atomic E-state index is -0.640. The third kappa shape index (κ3) is 5.96. The Kier molecular flexibility index (Phi) is 9.57. The number of rotatable bonds is 8. The fourth-order valence-corrected chi connectivity index (χ4v) is 10.3. The van der Waals surface area contributed by atoms with Crippen molar-refractivity contribution in [1.82, 2.24) is 0 Å². The van der Waals surface area contributed by atoms with Crippen LogP contribution in [-0.4, -0.2) is 43.2 Å². The standard InChI is InChI=1S/C44H51NO7/c1-28-32-14-15-35-42(4,33(32)25-34(46)38(28)48)19-21-44(6)36-26-41(3,17-16-40(36,2)18-20-43(35,44)5)39(49)52-23-9-8-22-51-37(47)24-30(27-45)29-10-12-31(50-7)13-11-29/h8-15,24-25,36,48H,16-23,26H2,1-7H3/b9-8+,30-24+/t36-,40-,41-,42+,43-,44+/m1/s1. The van der Waals surface area contributed by atoms with E-state index in [4.69, 9.17) is 14.2 Å². The zero-order valence-corrected chi connectivity index (χ0v) is 31.6. The first kappa shape index (κ1) is 37.1. The quantitative estimate of drug-likeness (QED) is 0.123. The van der Waals surface area contributed by atoms with Crippen molar-refractivity contribution in [2.75, 3.05) is 20.3 Å². The van der Waals surface area contributed by atoms with Crippen LogP contribution in [-0.2, 0) is 23.9 Å². The molecule has 1 N–H and O–H groups in total. The third-order valence-electron chi connectivity index (χ3n) is 13.9. The van der Waals surface area contributed by atoms with Crippen LogP contribution in [0, 0.1) is 44.3 Å². The highest BCUT2D eigenvalue weighted by Gasteiger charge is 2.67. The molecule has 5 aliphatic carbocycles. The van der Waals surface area contributed by atoms with Crippen LogP contribution >= 0.6 is 0 Å². The molecule has 0 heterocycles. The summed E-state index contributed by atoms with van der Waals surface area (Å²) in [6, 6.07) is 8.86. The highest BCUT2D eigenvalue weighted by atomic mass is 16.5. The monoisotopic (exact) mass is 705 g/mol. The average molecular weight is 706 g/mol. The molecule has 1 aromatic carbocycles. The van der Waals surface area contributed by atoms with E-state index in [0.29, 0.717) is 22.8 Å². The molecule has 0 aromatic heterocycles. The molecule has 274 valence electrons. The van der Waals surface area contributed by atoms with Gasteiger partial charge in [0.05, 0.1) is 18.1 Å². The van der Waals surface area contributed by atoms with Crippen molar-refractivity contribution in [3.8, 4) is 11.8 Å². The Balaban J connectivity index is 1.11. The molecule has 3 fully saturated rings. The minimum absolute atomic E-state index is 0.0175. The Morgan fingerprint density at radius 2 is 1.62 bits per heavy atom. The maximum Gasteiger partial charge on any atom is 0.332 e. The van der Waals surface area contributed by atoms with Gasteiger partial charge in [0, 0.05) is 17.1 Å². The van der Waals surface area contributed by atoms with Gasteiger partial charge >= 0.3 is 11.9 Å². The van der Waals surface area contributed by atoms with Crippen molar-refractivity contribution >= 4 is 23.3 Å². The number of methoxy groups -OCH3 is 1. The number of hydrogen-bond acceptors (Lipinski definition) is 8. The Bertz CT molecular complexity index is 1920. The van der Waals surface area contributed by atoms with Crippen molar-refractivity contribution in [3.63, 3.8) is 0 Å². The number of carbonyl (C=O) groups excluding carboxylic acids is 3. The molecule has 0 spiro atoms. The van der Waals surface area contributed by atoms with Gasteiger partial charge in [-0.25, -0.2) is 4.79 Å². The second-order valence-corrected chi connectivity index (χ2v) is 16.7. The predicted molar refractivity (Wildman–Crippen MR) is 199 cm³/mol. The highest BCUT2D eigenvalue weighted by Crippen LogP contribution is 2.75. The van der Waals surface area contributed by atoms with Gasteiger partial charge in [0.2, 0.25) is 5.78 Å². The van der Waals surface area contributed by atoms with Crippen LogP contribution in [0.1, 0.15) is 92.1 Å². The molecular formula is C44H51NO7. The van der Waals surface area contributed by atoms with Crippen LogP contribution in [0.2, 0.25) is 0 Å². The normalized spacial score (nSPS) is 34.0. The van der Waals surface area contributed by atoms with E-state index in [9.17, 15) is 24.8 Å². The van der Waals surface area contributed by atoms with Crippen molar-refractivity contribution in [2.45, 2.75) is 86.5 Å². The summed E-state index contributed by atoms with van der Waals surface area (Å²) < 4.78 is 16.2. The molecule has 0 bridgehead atoms. The first-order valence-corrected chi connectivity index (χ1v) is 18.4. The molecule has 8 heteroatoms. The third-order valence-corrected chi connectivity index (χ3v) is 13.9. The van der Waals surface area contributed by atoms with Gasteiger partial charge in [0.15, 0.2) is 5.76 Å². The molecule has 6 atom stereocenters. The van der Waals surface area contributed by atoms with E-state index in [1.807, 2.05) is 13.0 Å². The van der Waals surface area contributed by atoms with Gasteiger partial charge in [-0.15, -0.1) is 0 Å². The number of ether oxygens (including phenoxy) is 3. The van der Waals surface area contributed by atoms with E-state index in [-0.39, 0.29) is 58.0 Å². The highest BCUT2D eigenvalue weighted by molar-refractivity contribution is 6.06. The van der Waals surface area contributed by atoms with Crippen LogP contribution in [0.3, 0.4) is 0 Å². The van der Waals surface area contributed by atoms with Crippen LogP contribution in [0.5, 0.6) is 5.75 Å². The molecule has 0 saturated heterocycles. The first-order valence-electron chi connectivity index (χ1n) is 18.4. The number of esters is 2. The molecule has 0 radical (unpaired) electrons. The van der Waals surface area contributed by atoms with Gasteiger partial charge < -0.3 is 19.3 Å². The summed E-state index contributed by atoms with van der Waals surface area (Å²) >= 11 is 0. The molecule has 52 heavy (non-hydrogen) atoms. The Hall–Kier alpha value is -4.64. The van der Waals surface area contributed by atoms with Crippen LogP contribution in [0.15, 0.2) is 88.8 Å². The second kappa shape index (κ2) is 13.4. The Morgan fingerprint density at radius 3 is 2.29 bits per heavy atom. The largest absolute Gasteiger partial charge is 0.504 e. The average Bonchev–Trinajstić information content (AvgIpc) is 3.13. The summed E-state index contributed by atoms with van der Waals surface area (Å²) in [6.45, 7) is 13.5. The van der Waals surface area contributed by atoms with Gasteiger partial charge in [-0.05, 0) is 140 Å². The summed E-state index contributed by atoms with van der Waals surface area (Å²) in [6.07, 6.45) is 17.0. The molecule has 3 saturated carbocycles. The van der Waals surface area contributed by atoms with Crippen molar-refractivity contribution in [3.05, 3.63) is 94.3 Å². The van der Waals surface area contributed by atoms with Crippen LogP contribution in [0.25, 0.3) is 5.57 Å². The molecule has 0 aliphatic heterocycles. The second-order valence-electron chi connectivity index (χ2n) is 16.7. The van der Waals surface area contributed by atoms with E-state index in [1.54, 1.807) is 49.6 Å². The lowest BCUT2D eigenvalue weighted by molar-refractivity contribution is -0.181. The van der Waals surface area contributed by atoms with Gasteiger partial charge in [-0.2, -0.15) is 5.26 Å². The molecule has 0 amide bonds. The Labute approximate surface area is 307 Å². The number of nitrogens with zero attached hydrogens (tertiary/aromatic N) is 1. The van der Waals surface area contributed by atoms with E-state index in [0.717, 1.165) is 62.2 Å². The summed E-state index contributed by atoms with van der Waals surface area (Å²) in [7, 11) is 1.56. The van der Waals surface area contributed by atoms with E-state index in [2.05, 4.69) is 46.8 Å². The molecule has 0 unspecified atom stereocenters. The van der Waals surface area contributed by atoms with Crippen molar-refractivity contribution in [2.24, 2.45) is 33.0 Å². The number of ketones is 1. The smallest absolute Gasteiger partial charge is 0.332 e. The molecule has 1 aromatic rings. The number of benzene rings is 1. The van der Waals surface area contributed by atoms with Gasteiger partial charge in [0.25, 0.3) is 0 Å². The summed E-state index contributed by atoms with van der Waals surface area (Å²) in [4.78, 5) is 38.9. The predicted octanol–water partition coefficient (Wildman–Crippen LogP) is 8.87. The number of aliphatic hydroxyl groups is 1. The number of carbonyl (C=O) groups is 3. The maximum absolute atomic E-state index is 13.8. The number of allylic oxidation sites excluding steroid dienone is 8. The van der Waals surface area contributed by atoms with E-state index in [1.165, 1.54) is 5.57 Å². The lowest BCUT2D eigenvalue weighted by atomic mass is 9.34. The van der Waals surface area contributed by atoms with Crippen molar-refractivity contribution in [1.29, 1.82) is 5.26 Å². The topological polar surface area (TPSA) is 123 Å². The van der Waals surface area contributed by atoms with Gasteiger partial charge in [-0.1, -0.05) is 45.4 Å². The summed E-state index contributed by atoms with van der Waals surface area (Å²) in [5.74, 6) is -0.368. The van der Waals surface area contributed by atoms with Crippen LogP contribution < -0.4 is 4.74 Å². The van der Waals surface area contributed by atoms with E-state index >= 15 is 0 Å². The van der Waals surface area contributed by atoms with Gasteiger partial charge in [-0.3, -0.25) is 9.59 Å². The number of hydrogen-bond donors (Lipinski definition) is 1. The zero-order chi connectivity index (χ0) is 37.7. The lowest BCUT2D eigenvalue weighted by Crippen LogP contribution is -2.62. The maximum atomic E-state index is 13.8. The molecular weight excluding hydrogens is 654 g/mol. The number of fused-ring (bicyclic) bond motifs is 7. The summed E-state index contributed by atoms with van der Waals surface area (Å²) in [5.41, 5.74) is 3.76. The Morgan fingerprint density at radius 1 is 0.942 bits per heavy atom. The van der Waals surface area contributed by atoms with Crippen molar-refractivity contribution < 1.29 is 33.7 Å². The molecule has 6 rings (SSSR count). The minimum Gasteiger partial charge on any atom is -0.504 e. The molecule has 5 aliphatic rings. The van der Waals surface area contributed by atoms with E-state index < -0.39 is 11.4 Å².